The topological polar surface area (TPSA) is 84.5 Å². The van der Waals surface area contributed by atoms with Crippen LogP contribution in [0.15, 0.2) is 24.3 Å². The van der Waals surface area contributed by atoms with Gasteiger partial charge in [-0.1, -0.05) is 6.92 Å². The van der Waals surface area contributed by atoms with Crippen LogP contribution in [0.4, 0.5) is 16.2 Å². The number of nitrogens with one attached hydrogen (secondary N) is 2. The summed E-state index contributed by atoms with van der Waals surface area (Å²) in [6, 6.07) is 6.83. The van der Waals surface area contributed by atoms with Crippen LogP contribution in [0.5, 0.6) is 0 Å². The quantitative estimate of drug-likeness (QED) is 0.829. The number of carbonyl (C=O) groups is 1. The van der Waals surface area contributed by atoms with E-state index >= 15 is 0 Å². The summed E-state index contributed by atoms with van der Waals surface area (Å²) < 4.78 is 28.3. The van der Waals surface area contributed by atoms with Crippen LogP contribution in [0, 0.1) is 0 Å². The van der Waals surface area contributed by atoms with E-state index in [2.05, 4.69) is 10.6 Å². The third kappa shape index (κ3) is 7.88. The first kappa shape index (κ1) is 19.3. The smallest absolute Gasteiger partial charge is 0.412 e. The Balaban J connectivity index is 2.58. The second-order valence-electron chi connectivity index (χ2n) is 6.45. The minimum absolute atomic E-state index is 0.0847. The molecule has 0 bridgehead atoms. The van der Waals surface area contributed by atoms with Crippen LogP contribution in [0.3, 0.4) is 0 Å². The van der Waals surface area contributed by atoms with Gasteiger partial charge in [-0.2, -0.15) is 0 Å². The number of hydrogen-bond acceptors (Lipinski definition) is 5. The average molecular weight is 342 g/mol. The highest BCUT2D eigenvalue weighted by atomic mass is 32.2. The minimum atomic E-state index is -3.02. The van der Waals surface area contributed by atoms with Gasteiger partial charge in [-0.25, -0.2) is 13.2 Å². The highest BCUT2D eigenvalue weighted by Crippen LogP contribution is 2.16. The Morgan fingerprint density at radius 2 is 1.70 bits per heavy atom. The number of hydrogen-bond donors (Lipinski definition) is 2. The molecule has 0 aromatic heterocycles. The molecule has 0 radical (unpaired) electrons. The lowest BCUT2D eigenvalue weighted by Gasteiger charge is -2.20. The molecule has 1 aromatic rings. The normalized spacial score (nSPS) is 13.3. The lowest BCUT2D eigenvalue weighted by molar-refractivity contribution is 0.0636. The van der Waals surface area contributed by atoms with Crippen molar-refractivity contribution < 1.29 is 17.9 Å². The molecule has 0 heterocycles. The van der Waals surface area contributed by atoms with E-state index in [1.54, 1.807) is 52.0 Å². The van der Waals surface area contributed by atoms with Gasteiger partial charge >= 0.3 is 6.09 Å². The first-order valence-corrected chi connectivity index (χ1v) is 9.40. The number of ether oxygens (including phenoxy) is 1. The fourth-order valence-corrected chi connectivity index (χ4v) is 2.98. The van der Waals surface area contributed by atoms with Crippen molar-refractivity contribution in [3.63, 3.8) is 0 Å². The molecule has 0 aliphatic heterocycles. The van der Waals surface area contributed by atoms with Crippen molar-refractivity contribution in [3.8, 4) is 0 Å². The van der Waals surface area contributed by atoms with Crippen molar-refractivity contribution in [2.75, 3.05) is 22.1 Å². The molecule has 0 aliphatic rings. The van der Waals surface area contributed by atoms with Crippen molar-refractivity contribution in [1.29, 1.82) is 0 Å². The van der Waals surface area contributed by atoms with E-state index in [1.807, 2.05) is 6.92 Å². The summed E-state index contributed by atoms with van der Waals surface area (Å²) in [4.78, 5) is 11.7. The first-order chi connectivity index (χ1) is 10.5. The Hall–Kier alpha value is -1.76. The van der Waals surface area contributed by atoms with E-state index in [-0.39, 0.29) is 17.5 Å². The van der Waals surface area contributed by atoms with E-state index in [0.717, 1.165) is 5.69 Å². The maximum absolute atomic E-state index is 11.7. The number of rotatable bonds is 6. The molecule has 23 heavy (non-hydrogen) atoms. The van der Waals surface area contributed by atoms with Crippen molar-refractivity contribution in [1.82, 2.24) is 0 Å². The van der Waals surface area contributed by atoms with Crippen LogP contribution in [-0.4, -0.2) is 37.7 Å². The predicted molar refractivity (Wildman–Crippen MR) is 93.7 cm³/mol. The van der Waals surface area contributed by atoms with Crippen molar-refractivity contribution in [3.05, 3.63) is 24.3 Å². The van der Waals surface area contributed by atoms with Crippen LogP contribution in [0.1, 0.15) is 34.6 Å². The molecular formula is C16H26N2O4S. The third-order valence-electron chi connectivity index (χ3n) is 2.89. The Kier molecular flexibility index (Phi) is 6.44. The Morgan fingerprint density at radius 3 is 2.17 bits per heavy atom. The predicted octanol–water partition coefficient (Wildman–Crippen LogP) is 3.27. The molecule has 1 rings (SSSR count). The molecule has 7 heteroatoms. The molecule has 0 saturated carbocycles. The Bertz CT molecular complexity index is 618. The maximum Gasteiger partial charge on any atom is 0.412 e. The zero-order chi connectivity index (χ0) is 17.7. The number of carbonyl (C=O) groups excluding carboxylic acids is 1. The monoisotopic (exact) mass is 342 g/mol. The van der Waals surface area contributed by atoms with E-state index in [4.69, 9.17) is 4.74 Å². The van der Waals surface area contributed by atoms with Crippen molar-refractivity contribution in [2.45, 2.75) is 46.3 Å². The van der Waals surface area contributed by atoms with Gasteiger partial charge in [0.05, 0.1) is 5.75 Å². The standard InChI is InChI=1S/C16H26N2O4S/c1-6-23(20,21)11-12(2)17-13-7-9-14(10-8-13)18-15(19)22-16(3,4)5/h7-10,12,17H,6,11H2,1-5H3,(H,18,19). The van der Waals surface area contributed by atoms with E-state index in [9.17, 15) is 13.2 Å². The molecule has 2 N–H and O–H groups in total. The van der Waals surface area contributed by atoms with Crippen LogP contribution in [-0.2, 0) is 14.6 Å². The summed E-state index contributed by atoms with van der Waals surface area (Å²) in [5, 5.41) is 5.77. The van der Waals surface area contributed by atoms with Crippen LogP contribution in [0.2, 0.25) is 0 Å². The summed E-state index contributed by atoms with van der Waals surface area (Å²) >= 11 is 0. The Morgan fingerprint density at radius 1 is 1.17 bits per heavy atom. The Labute approximate surface area is 138 Å². The van der Waals surface area contributed by atoms with Gasteiger partial charge in [0.2, 0.25) is 0 Å². The second-order valence-corrected chi connectivity index (χ2v) is 8.85. The molecule has 6 nitrogen and oxygen atoms in total. The van der Waals surface area contributed by atoms with Crippen LogP contribution in [0.25, 0.3) is 0 Å². The molecular weight excluding hydrogens is 316 g/mol. The largest absolute Gasteiger partial charge is 0.444 e. The fraction of sp³-hybridized carbons (Fsp3) is 0.562. The summed E-state index contributed by atoms with van der Waals surface area (Å²) in [5.74, 6) is 0.221. The average Bonchev–Trinajstić information content (AvgIpc) is 2.38. The summed E-state index contributed by atoms with van der Waals surface area (Å²) in [6.45, 7) is 8.85. The molecule has 1 unspecified atom stereocenters. The zero-order valence-corrected chi connectivity index (χ0v) is 15.2. The van der Waals surface area contributed by atoms with E-state index in [0.29, 0.717) is 5.69 Å². The molecule has 1 atom stereocenters. The molecule has 0 fully saturated rings. The number of sulfone groups is 1. The lowest BCUT2D eigenvalue weighted by Crippen LogP contribution is -2.27. The molecule has 130 valence electrons. The van der Waals surface area contributed by atoms with Gasteiger partial charge in [-0.05, 0) is 52.0 Å². The van der Waals surface area contributed by atoms with E-state index in [1.165, 1.54) is 0 Å². The van der Waals surface area contributed by atoms with Gasteiger partial charge in [-0.3, -0.25) is 5.32 Å². The summed E-state index contributed by atoms with van der Waals surface area (Å²) in [6.07, 6.45) is -0.513. The summed E-state index contributed by atoms with van der Waals surface area (Å²) in [7, 11) is -3.02. The van der Waals surface area contributed by atoms with Crippen LogP contribution >= 0.6 is 0 Å². The van der Waals surface area contributed by atoms with Gasteiger partial charge in [-0.15, -0.1) is 0 Å². The van der Waals surface area contributed by atoms with Gasteiger partial charge in [0, 0.05) is 23.2 Å². The third-order valence-corrected chi connectivity index (χ3v) is 4.77. The molecule has 1 aromatic carbocycles. The highest BCUT2D eigenvalue weighted by Gasteiger charge is 2.16. The SMILES string of the molecule is CCS(=O)(=O)CC(C)Nc1ccc(NC(=O)OC(C)(C)C)cc1. The highest BCUT2D eigenvalue weighted by molar-refractivity contribution is 7.91. The zero-order valence-electron chi connectivity index (χ0n) is 14.3. The lowest BCUT2D eigenvalue weighted by atomic mass is 10.2. The van der Waals surface area contributed by atoms with Gasteiger partial charge < -0.3 is 10.1 Å². The van der Waals surface area contributed by atoms with Crippen LogP contribution < -0.4 is 10.6 Å². The van der Waals surface area contributed by atoms with Gasteiger partial charge in [0.25, 0.3) is 0 Å². The molecule has 0 aliphatic carbocycles. The summed E-state index contributed by atoms with van der Waals surface area (Å²) in [5.41, 5.74) is 0.850. The number of benzene rings is 1. The second kappa shape index (κ2) is 7.68. The van der Waals surface area contributed by atoms with Gasteiger partial charge in [0.1, 0.15) is 5.60 Å². The maximum atomic E-state index is 11.7. The number of amides is 1. The minimum Gasteiger partial charge on any atom is -0.444 e. The molecule has 1 amide bonds. The first-order valence-electron chi connectivity index (χ1n) is 7.58. The number of anilines is 2. The van der Waals surface area contributed by atoms with Crippen molar-refractivity contribution >= 4 is 27.3 Å². The molecule has 0 saturated heterocycles. The van der Waals surface area contributed by atoms with E-state index < -0.39 is 21.5 Å². The van der Waals surface area contributed by atoms with Crippen molar-refractivity contribution in [2.24, 2.45) is 0 Å². The molecule has 0 spiro atoms. The fourth-order valence-electron chi connectivity index (χ4n) is 1.90. The van der Waals surface area contributed by atoms with Gasteiger partial charge in [0.15, 0.2) is 9.84 Å².